The second-order valence-corrected chi connectivity index (χ2v) is 3.70. The summed E-state index contributed by atoms with van der Waals surface area (Å²) in [6.45, 7) is 1.27. The van der Waals surface area contributed by atoms with E-state index in [1.165, 1.54) is 6.92 Å². The summed E-state index contributed by atoms with van der Waals surface area (Å²) in [5, 5.41) is 11.4. The standard InChI is InChI=1S/C10H13NO7/c1-5(12)4-6-7(9(13)16-2)11(15)18-8(6)10(14)17-3/h6,8H,4H2,1-3H3. The quantitative estimate of drug-likeness (QED) is 0.480. The molecule has 1 rings (SSSR count). The molecule has 0 aromatic heterocycles. The molecule has 18 heavy (non-hydrogen) atoms. The van der Waals surface area contributed by atoms with Crippen molar-refractivity contribution in [1.29, 1.82) is 0 Å². The van der Waals surface area contributed by atoms with Crippen molar-refractivity contribution >= 4 is 23.4 Å². The maximum Gasteiger partial charge on any atom is 0.405 e. The van der Waals surface area contributed by atoms with Crippen LogP contribution in [0, 0.1) is 11.1 Å². The zero-order chi connectivity index (χ0) is 13.9. The van der Waals surface area contributed by atoms with Crippen LogP contribution in [-0.4, -0.2) is 48.7 Å². The molecule has 0 bridgehead atoms. The maximum absolute atomic E-state index is 11.4. The van der Waals surface area contributed by atoms with Crippen LogP contribution in [0.15, 0.2) is 0 Å². The summed E-state index contributed by atoms with van der Waals surface area (Å²) in [6, 6.07) is 0. The smallest absolute Gasteiger partial charge is 0.405 e. The van der Waals surface area contributed by atoms with Crippen LogP contribution in [0.3, 0.4) is 0 Å². The molecule has 0 aliphatic carbocycles. The second-order valence-electron chi connectivity index (χ2n) is 3.70. The summed E-state index contributed by atoms with van der Waals surface area (Å²) in [4.78, 5) is 38.6. The summed E-state index contributed by atoms with van der Waals surface area (Å²) < 4.78 is 8.87. The van der Waals surface area contributed by atoms with Gasteiger partial charge >= 0.3 is 17.7 Å². The molecule has 0 amide bonds. The Morgan fingerprint density at radius 3 is 2.39 bits per heavy atom. The van der Waals surface area contributed by atoms with Gasteiger partial charge in [0.1, 0.15) is 5.78 Å². The van der Waals surface area contributed by atoms with E-state index in [2.05, 4.69) is 14.3 Å². The van der Waals surface area contributed by atoms with Crippen LogP contribution in [0.5, 0.6) is 0 Å². The van der Waals surface area contributed by atoms with E-state index in [1.807, 2.05) is 0 Å². The predicted molar refractivity (Wildman–Crippen MR) is 56.3 cm³/mol. The Hall–Kier alpha value is -2.12. The van der Waals surface area contributed by atoms with Crippen LogP contribution in [0.2, 0.25) is 0 Å². The van der Waals surface area contributed by atoms with E-state index in [-0.39, 0.29) is 17.1 Å². The zero-order valence-electron chi connectivity index (χ0n) is 10.2. The van der Waals surface area contributed by atoms with Gasteiger partial charge in [-0.3, -0.25) is 10.0 Å². The number of carbonyl (C=O) groups is 3. The number of hydrogen-bond acceptors (Lipinski definition) is 7. The lowest BCUT2D eigenvalue weighted by Gasteiger charge is -2.14. The molecule has 2 atom stereocenters. The SMILES string of the molecule is COC(=O)C1=[N+]([O-])OC(C(=O)OC)C1CC(C)=O. The van der Waals surface area contributed by atoms with E-state index in [0.29, 0.717) is 0 Å². The fourth-order valence-electron chi connectivity index (χ4n) is 1.68. The minimum absolute atomic E-state index is 0.0962. The molecular formula is C10H13NO7. The molecule has 8 nitrogen and oxygen atoms in total. The van der Waals surface area contributed by atoms with Crippen molar-refractivity contribution in [2.75, 3.05) is 14.2 Å². The van der Waals surface area contributed by atoms with Gasteiger partial charge in [0.15, 0.2) is 6.10 Å². The molecule has 0 aromatic rings. The Kier molecular flexibility index (Phi) is 4.24. The monoisotopic (exact) mass is 259 g/mol. The van der Waals surface area contributed by atoms with Crippen molar-refractivity contribution in [2.24, 2.45) is 5.92 Å². The van der Waals surface area contributed by atoms with Crippen LogP contribution in [0.1, 0.15) is 13.3 Å². The highest BCUT2D eigenvalue weighted by Gasteiger charge is 2.49. The largest absolute Gasteiger partial charge is 0.468 e. The molecule has 0 aromatic carbocycles. The lowest BCUT2D eigenvalue weighted by Crippen LogP contribution is -2.36. The number of methoxy groups -OCH3 is 2. The minimum Gasteiger partial charge on any atom is -0.468 e. The van der Waals surface area contributed by atoms with Crippen molar-refractivity contribution in [2.45, 2.75) is 19.4 Å². The van der Waals surface area contributed by atoms with Gasteiger partial charge in [0.2, 0.25) is 0 Å². The molecule has 0 saturated heterocycles. The highest BCUT2D eigenvalue weighted by Crippen LogP contribution is 2.23. The zero-order valence-corrected chi connectivity index (χ0v) is 10.2. The Morgan fingerprint density at radius 2 is 1.94 bits per heavy atom. The van der Waals surface area contributed by atoms with E-state index < -0.39 is 29.7 Å². The third kappa shape index (κ3) is 2.58. The number of Topliss-reactive ketones (excluding diaryl/α,β-unsaturated/α-hetero) is 1. The summed E-state index contributed by atoms with van der Waals surface area (Å²) >= 11 is 0. The van der Waals surface area contributed by atoms with Gasteiger partial charge < -0.3 is 19.1 Å². The summed E-state index contributed by atoms with van der Waals surface area (Å²) in [5.74, 6) is -3.07. The number of hydrogen-bond donors (Lipinski definition) is 0. The summed E-state index contributed by atoms with van der Waals surface area (Å²) in [7, 11) is 2.20. The predicted octanol–water partition coefficient (Wildman–Crippen LogP) is -0.807. The summed E-state index contributed by atoms with van der Waals surface area (Å²) in [5.41, 5.74) is -0.414. The highest BCUT2D eigenvalue weighted by molar-refractivity contribution is 6.36. The lowest BCUT2D eigenvalue weighted by molar-refractivity contribution is -0.737. The van der Waals surface area contributed by atoms with Crippen molar-refractivity contribution in [3.05, 3.63) is 5.21 Å². The normalized spacial score (nSPS) is 22.4. The van der Waals surface area contributed by atoms with Crippen LogP contribution in [-0.2, 0) is 28.7 Å². The first-order valence-corrected chi connectivity index (χ1v) is 5.08. The first-order valence-electron chi connectivity index (χ1n) is 5.08. The molecule has 0 radical (unpaired) electrons. The minimum atomic E-state index is -1.31. The summed E-state index contributed by atoms with van der Waals surface area (Å²) in [6.07, 6.45) is -1.51. The van der Waals surface area contributed by atoms with E-state index in [1.54, 1.807) is 0 Å². The van der Waals surface area contributed by atoms with E-state index in [0.717, 1.165) is 14.2 Å². The van der Waals surface area contributed by atoms with Gasteiger partial charge in [0.05, 0.1) is 25.0 Å². The molecule has 2 unspecified atom stereocenters. The fraction of sp³-hybridized carbons (Fsp3) is 0.600. The number of carbonyl (C=O) groups excluding carboxylic acids is 3. The Bertz CT molecular complexity index is 414. The topological polar surface area (TPSA) is 105 Å². The van der Waals surface area contributed by atoms with Crippen molar-refractivity contribution in [1.82, 2.24) is 0 Å². The maximum atomic E-state index is 11.4. The highest BCUT2D eigenvalue weighted by atomic mass is 16.9. The van der Waals surface area contributed by atoms with E-state index >= 15 is 0 Å². The molecule has 0 spiro atoms. The average Bonchev–Trinajstić information content (AvgIpc) is 2.63. The number of rotatable bonds is 4. The van der Waals surface area contributed by atoms with Crippen molar-refractivity contribution < 1.29 is 33.6 Å². The van der Waals surface area contributed by atoms with Gasteiger partial charge in [0.25, 0.3) is 0 Å². The van der Waals surface area contributed by atoms with Crippen LogP contribution in [0.4, 0.5) is 0 Å². The first-order chi connectivity index (χ1) is 8.42. The third-order valence-corrected chi connectivity index (χ3v) is 2.46. The van der Waals surface area contributed by atoms with Gasteiger partial charge in [-0.15, -0.1) is 0 Å². The van der Waals surface area contributed by atoms with Gasteiger partial charge in [-0.05, 0) is 6.92 Å². The molecular weight excluding hydrogens is 246 g/mol. The lowest BCUT2D eigenvalue weighted by atomic mass is 9.92. The molecule has 1 aliphatic rings. The molecule has 100 valence electrons. The second kappa shape index (κ2) is 5.48. The van der Waals surface area contributed by atoms with Gasteiger partial charge in [-0.25, -0.2) is 4.79 Å². The number of ketones is 1. The Balaban J connectivity index is 3.06. The molecule has 1 aliphatic heterocycles. The molecule has 1 heterocycles. The molecule has 0 N–H and O–H groups in total. The number of nitrogens with zero attached hydrogens (tertiary/aromatic N) is 1. The van der Waals surface area contributed by atoms with E-state index in [4.69, 9.17) is 0 Å². The average molecular weight is 259 g/mol. The fourth-order valence-corrected chi connectivity index (χ4v) is 1.68. The van der Waals surface area contributed by atoms with E-state index in [9.17, 15) is 19.6 Å². The third-order valence-electron chi connectivity index (χ3n) is 2.46. The molecule has 0 fully saturated rings. The van der Waals surface area contributed by atoms with Gasteiger partial charge in [-0.2, -0.15) is 0 Å². The van der Waals surface area contributed by atoms with Crippen LogP contribution >= 0.6 is 0 Å². The van der Waals surface area contributed by atoms with Gasteiger partial charge in [0, 0.05) is 6.42 Å². The number of ether oxygens (including phenoxy) is 2. The van der Waals surface area contributed by atoms with Gasteiger partial charge in [-0.1, -0.05) is 0 Å². The van der Waals surface area contributed by atoms with Crippen LogP contribution in [0.25, 0.3) is 0 Å². The number of esters is 2. The van der Waals surface area contributed by atoms with Crippen molar-refractivity contribution in [3.8, 4) is 0 Å². The Morgan fingerprint density at radius 1 is 1.33 bits per heavy atom. The molecule has 0 saturated carbocycles. The Labute approximate surface area is 103 Å². The molecule has 8 heteroatoms. The van der Waals surface area contributed by atoms with Crippen molar-refractivity contribution in [3.63, 3.8) is 0 Å². The first kappa shape index (κ1) is 13.9. The van der Waals surface area contributed by atoms with Crippen LogP contribution < -0.4 is 0 Å².